The van der Waals surface area contributed by atoms with Crippen LogP contribution in [0.5, 0.6) is 5.75 Å². The van der Waals surface area contributed by atoms with Crippen LogP contribution in [0, 0.1) is 0 Å². The monoisotopic (exact) mass is 391 g/mol. The molecule has 0 radical (unpaired) electrons. The minimum absolute atomic E-state index is 0.145. The summed E-state index contributed by atoms with van der Waals surface area (Å²) < 4.78 is 11.0. The summed E-state index contributed by atoms with van der Waals surface area (Å²) >= 11 is 6.01. The van der Waals surface area contributed by atoms with Gasteiger partial charge in [0.25, 0.3) is 5.91 Å². The summed E-state index contributed by atoms with van der Waals surface area (Å²) in [4.78, 5) is 14.7. The number of ether oxygens (including phenoxy) is 1. The summed E-state index contributed by atoms with van der Waals surface area (Å²) in [5.74, 6) is 1.13. The Morgan fingerprint density at radius 3 is 2.46 bits per heavy atom. The van der Waals surface area contributed by atoms with Gasteiger partial charge in [-0.2, -0.15) is 0 Å². The van der Waals surface area contributed by atoms with Gasteiger partial charge < -0.3 is 9.15 Å². The highest BCUT2D eigenvalue weighted by atomic mass is 35.5. The lowest BCUT2D eigenvalue weighted by atomic mass is 10.1. The average molecular weight is 392 g/mol. The van der Waals surface area contributed by atoms with Gasteiger partial charge in [0, 0.05) is 16.7 Å². The quantitative estimate of drug-likeness (QED) is 0.516. The third-order valence-electron chi connectivity index (χ3n) is 4.36. The Labute approximate surface area is 168 Å². The molecule has 2 heterocycles. The molecule has 1 aliphatic rings. The van der Waals surface area contributed by atoms with E-state index in [9.17, 15) is 4.79 Å². The second-order valence-corrected chi connectivity index (χ2v) is 6.67. The number of nitrogens with zero attached hydrogens (tertiary/aromatic N) is 1. The van der Waals surface area contributed by atoms with Crippen LogP contribution in [0.1, 0.15) is 18.1 Å². The number of hydrogen-bond donors (Lipinski definition) is 0. The largest absolute Gasteiger partial charge is 0.494 e. The van der Waals surface area contributed by atoms with Crippen LogP contribution in [-0.2, 0) is 4.79 Å². The lowest BCUT2D eigenvalue weighted by Crippen LogP contribution is -2.24. The van der Waals surface area contributed by atoms with Gasteiger partial charge in [-0.05, 0) is 60.5 Å². The molecule has 1 aromatic heterocycles. The maximum atomic E-state index is 13.1. The van der Waals surface area contributed by atoms with E-state index in [-0.39, 0.29) is 5.91 Å². The molecule has 0 N–H and O–H groups in total. The number of benzene rings is 2. The Balaban J connectivity index is 1.73. The second kappa shape index (κ2) is 7.79. The van der Waals surface area contributed by atoms with Gasteiger partial charge in [-0.15, -0.1) is 0 Å². The topological polar surface area (TPSA) is 42.7 Å². The molecule has 1 aliphatic heterocycles. The lowest BCUT2D eigenvalue weighted by molar-refractivity contribution is -0.113. The smallest absolute Gasteiger partial charge is 0.265 e. The Morgan fingerprint density at radius 1 is 1.07 bits per heavy atom. The van der Waals surface area contributed by atoms with E-state index in [1.54, 1.807) is 35.4 Å². The summed E-state index contributed by atoms with van der Waals surface area (Å²) in [5, 5.41) is 0.642. The Bertz CT molecular complexity index is 1030. The van der Waals surface area contributed by atoms with Gasteiger partial charge in [0.15, 0.2) is 0 Å². The van der Waals surface area contributed by atoms with Gasteiger partial charge in [-0.25, -0.2) is 4.90 Å². The van der Waals surface area contributed by atoms with Crippen molar-refractivity contribution in [3.8, 4) is 5.75 Å². The molecule has 0 unspecified atom stereocenters. The molecule has 0 aliphatic carbocycles. The summed E-state index contributed by atoms with van der Waals surface area (Å²) in [5.41, 5.74) is 3.11. The predicted molar refractivity (Wildman–Crippen MR) is 111 cm³/mol. The summed E-state index contributed by atoms with van der Waals surface area (Å²) in [6.07, 6.45) is 5.28. The van der Waals surface area contributed by atoms with E-state index >= 15 is 0 Å². The SMILES string of the molecule is CCOc1ccc(/C=C2\C=C(c3ccc(Cl)cc3)N(c3ccco3)C2=O)cc1. The van der Waals surface area contributed by atoms with Crippen molar-refractivity contribution in [1.82, 2.24) is 0 Å². The first kappa shape index (κ1) is 18.1. The van der Waals surface area contributed by atoms with E-state index in [1.165, 1.54) is 0 Å². The number of hydrogen-bond acceptors (Lipinski definition) is 3. The molecule has 0 saturated heterocycles. The number of rotatable bonds is 5. The molecule has 4 rings (SSSR count). The first-order chi connectivity index (χ1) is 13.7. The highest BCUT2D eigenvalue weighted by Crippen LogP contribution is 2.35. The molecular formula is C23H18ClNO3. The fourth-order valence-corrected chi connectivity index (χ4v) is 3.20. The Kier molecular flexibility index (Phi) is 5.04. The van der Waals surface area contributed by atoms with Gasteiger partial charge in [-0.3, -0.25) is 4.79 Å². The number of halogens is 1. The summed E-state index contributed by atoms with van der Waals surface area (Å²) in [6.45, 7) is 2.56. The normalized spacial score (nSPS) is 15.2. The predicted octanol–water partition coefficient (Wildman–Crippen LogP) is 5.80. The highest BCUT2D eigenvalue weighted by Gasteiger charge is 2.32. The maximum absolute atomic E-state index is 13.1. The molecule has 28 heavy (non-hydrogen) atoms. The van der Waals surface area contributed by atoms with Crippen molar-refractivity contribution < 1.29 is 13.9 Å². The minimum Gasteiger partial charge on any atom is -0.494 e. The van der Waals surface area contributed by atoms with Crippen molar-refractivity contribution in [2.75, 3.05) is 11.5 Å². The van der Waals surface area contributed by atoms with Gasteiger partial charge >= 0.3 is 0 Å². The van der Waals surface area contributed by atoms with Gasteiger partial charge in [0.05, 0.1) is 18.6 Å². The van der Waals surface area contributed by atoms with Crippen LogP contribution in [0.3, 0.4) is 0 Å². The standard InChI is InChI=1S/C23H18ClNO3/c1-2-27-20-11-5-16(6-12-20)14-18-15-21(17-7-9-19(24)10-8-17)25(23(18)26)22-4-3-13-28-22/h3-15H,2H2,1H3/b18-14+. The molecule has 0 bridgehead atoms. The van der Waals surface area contributed by atoms with Gasteiger partial charge in [-0.1, -0.05) is 35.9 Å². The van der Waals surface area contributed by atoms with E-state index in [2.05, 4.69) is 0 Å². The van der Waals surface area contributed by atoms with Gasteiger partial charge in [0.1, 0.15) is 5.75 Å². The summed E-state index contributed by atoms with van der Waals surface area (Å²) in [7, 11) is 0. The second-order valence-electron chi connectivity index (χ2n) is 6.23. The van der Waals surface area contributed by atoms with E-state index in [0.29, 0.717) is 23.1 Å². The van der Waals surface area contributed by atoms with Crippen LogP contribution >= 0.6 is 11.6 Å². The molecule has 3 aromatic rings. The van der Waals surface area contributed by atoms with Crippen molar-refractivity contribution in [2.24, 2.45) is 0 Å². The van der Waals surface area contributed by atoms with Crippen molar-refractivity contribution in [3.05, 3.63) is 94.7 Å². The van der Waals surface area contributed by atoms with Crippen molar-refractivity contribution in [2.45, 2.75) is 6.92 Å². The first-order valence-corrected chi connectivity index (χ1v) is 9.33. The van der Waals surface area contributed by atoms with Crippen LogP contribution in [0.15, 0.2) is 83.0 Å². The first-order valence-electron chi connectivity index (χ1n) is 8.96. The third-order valence-corrected chi connectivity index (χ3v) is 4.61. The molecule has 140 valence electrons. The van der Waals surface area contributed by atoms with Crippen LogP contribution in [0.2, 0.25) is 5.02 Å². The highest BCUT2D eigenvalue weighted by molar-refractivity contribution is 6.30. The molecule has 0 fully saturated rings. The fraction of sp³-hybridized carbons (Fsp3) is 0.0870. The Morgan fingerprint density at radius 2 is 1.82 bits per heavy atom. The van der Waals surface area contributed by atoms with Crippen LogP contribution in [0.4, 0.5) is 5.88 Å². The van der Waals surface area contributed by atoms with Crippen molar-refractivity contribution in [3.63, 3.8) is 0 Å². The zero-order valence-corrected chi connectivity index (χ0v) is 16.0. The molecule has 5 heteroatoms. The molecule has 0 saturated carbocycles. The molecule has 4 nitrogen and oxygen atoms in total. The molecule has 1 amide bonds. The zero-order valence-electron chi connectivity index (χ0n) is 15.3. The number of carbonyl (C=O) groups is 1. The van der Waals surface area contributed by atoms with Gasteiger partial charge in [0.2, 0.25) is 5.88 Å². The van der Waals surface area contributed by atoms with Crippen LogP contribution in [0.25, 0.3) is 11.8 Å². The third kappa shape index (κ3) is 3.59. The number of anilines is 1. The van der Waals surface area contributed by atoms with E-state index in [4.69, 9.17) is 20.8 Å². The zero-order chi connectivity index (χ0) is 19.5. The lowest BCUT2D eigenvalue weighted by Gasteiger charge is -2.17. The van der Waals surface area contributed by atoms with Crippen molar-refractivity contribution >= 4 is 35.2 Å². The van der Waals surface area contributed by atoms with E-state index in [1.807, 2.05) is 55.5 Å². The maximum Gasteiger partial charge on any atom is 0.265 e. The van der Waals surface area contributed by atoms with Crippen LogP contribution < -0.4 is 9.64 Å². The van der Waals surface area contributed by atoms with Crippen LogP contribution in [-0.4, -0.2) is 12.5 Å². The van der Waals surface area contributed by atoms with E-state index in [0.717, 1.165) is 22.6 Å². The molecule has 2 aromatic carbocycles. The number of carbonyl (C=O) groups excluding carboxylic acids is 1. The number of amides is 1. The molecule has 0 atom stereocenters. The Hall–Kier alpha value is -3.24. The van der Waals surface area contributed by atoms with Crippen molar-refractivity contribution in [1.29, 1.82) is 0 Å². The van der Waals surface area contributed by atoms with E-state index < -0.39 is 0 Å². The fourth-order valence-electron chi connectivity index (χ4n) is 3.07. The number of furan rings is 1. The summed E-state index contributed by atoms with van der Waals surface area (Å²) in [6, 6.07) is 18.5. The average Bonchev–Trinajstić information content (AvgIpc) is 3.33. The minimum atomic E-state index is -0.145. The molecular weight excluding hydrogens is 374 g/mol. The molecule has 0 spiro atoms.